The van der Waals surface area contributed by atoms with E-state index in [4.69, 9.17) is 4.74 Å². The van der Waals surface area contributed by atoms with Gasteiger partial charge in [-0.1, -0.05) is 19.1 Å². The molecule has 0 fully saturated rings. The van der Waals surface area contributed by atoms with E-state index in [0.29, 0.717) is 16.8 Å². The minimum absolute atomic E-state index is 0.0838. The predicted octanol–water partition coefficient (Wildman–Crippen LogP) is 4.07. The van der Waals surface area contributed by atoms with Gasteiger partial charge in [0.25, 0.3) is 5.91 Å². The number of hydrogen-bond acceptors (Lipinski definition) is 5. The van der Waals surface area contributed by atoms with Gasteiger partial charge in [-0.25, -0.2) is 4.98 Å². The maximum Gasteiger partial charge on any atom is 0.296 e. The van der Waals surface area contributed by atoms with E-state index in [-0.39, 0.29) is 23.7 Å². The highest BCUT2D eigenvalue weighted by atomic mass is 16.5. The first-order valence-corrected chi connectivity index (χ1v) is 9.76. The molecule has 0 bridgehead atoms. The number of aromatic nitrogens is 2. The largest absolute Gasteiger partial charge is 0.503 e. The molecule has 2 aromatic carbocycles. The fourth-order valence-electron chi connectivity index (χ4n) is 3.77. The van der Waals surface area contributed by atoms with E-state index in [1.54, 1.807) is 38.3 Å². The van der Waals surface area contributed by atoms with E-state index in [0.717, 1.165) is 16.6 Å². The highest BCUT2D eigenvalue weighted by Crippen LogP contribution is 2.41. The highest BCUT2D eigenvalue weighted by Gasteiger charge is 2.45. The van der Waals surface area contributed by atoms with Gasteiger partial charge in [-0.3, -0.25) is 14.5 Å². The molecule has 1 aliphatic heterocycles. The molecule has 1 aromatic heterocycles. The van der Waals surface area contributed by atoms with Crippen molar-refractivity contribution >= 4 is 28.7 Å². The van der Waals surface area contributed by atoms with E-state index < -0.39 is 17.7 Å². The Morgan fingerprint density at radius 3 is 2.50 bits per heavy atom. The third-order valence-corrected chi connectivity index (χ3v) is 5.57. The van der Waals surface area contributed by atoms with Gasteiger partial charge in [-0.2, -0.15) is 0 Å². The van der Waals surface area contributed by atoms with E-state index in [1.165, 1.54) is 4.90 Å². The summed E-state index contributed by atoms with van der Waals surface area (Å²) < 4.78 is 5.22. The Morgan fingerprint density at radius 2 is 1.87 bits per heavy atom. The van der Waals surface area contributed by atoms with Crippen LogP contribution in [0.15, 0.2) is 47.7 Å². The molecule has 3 aromatic rings. The molecule has 1 amide bonds. The lowest BCUT2D eigenvalue weighted by molar-refractivity contribution is -0.118. The molecule has 4 rings (SSSR count). The summed E-state index contributed by atoms with van der Waals surface area (Å²) in [5.41, 5.74) is 4.44. The normalized spacial score (nSPS) is 16.6. The number of benzene rings is 2. The Labute approximate surface area is 174 Å². The minimum Gasteiger partial charge on any atom is -0.503 e. The van der Waals surface area contributed by atoms with Crippen LogP contribution < -0.4 is 9.64 Å². The van der Waals surface area contributed by atoms with Gasteiger partial charge in [0.2, 0.25) is 5.95 Å². The molecule has 0 spiro atoms. The average Bonchev–Trinajstić information content (AvgIpc) is 3.26. The van der Waals surface area contributed by atoms with Gasteiger partial charge in [0.05, 0.1) is 29.8 Å². The third kappa shape index (κ3) is 3.03. The van der Waals surface area contributed by atoms with Gasteiger partial charge in [0, 0.05) is 6.42 Å². The van der Waals surface area contributed by atoms with Crippen LogP contribution in [-0.2, 0) is 9.59 Å². The monoisotopic (exact) mass is 405 g/mol. The molecule has 2 heterocycles. The van der Waals surface area contributed by atoms with Crippen molar-refractivity contribution < 1.29 is 19.4 Å². The number of Topliss-reactive ketones (excluding diaryl/α,β-unsaturated/α-hetero) is 1. The van der Waals surface area contributed by atoms with Crippen molar-refractivity contribution in [1.29, 1.82) is 0 Å². The number of amides is 1. The average molecular weight is 405 g/mol. The van der Waals surface area contributed by atoms with Crippen molar-refractivity contribution in [3.63, 3.8) is 0 Å². The van der Waals surface area contributed by atoms with Gasteiger partial charge in [-0.05, 0) is 54.8 Å². The lowest BCUT2D eigenvalue weighted by Crippen LogP contribution is -2.31. The quantitative estimate of drug-likeness (QED) is 0.667. The van der Waals surface area contributed by atoms with E-state index in [1.807, 2.05) is 26.0 Å². The van der Waals surface area contributed by atoms with Crippen LogP contribution in [0.4, 0.5) is 5.95 Å². The number of H-pyrrole nitrogens is 1. The Hall–Kier alpha value is -3.61. The van der Waals surface area contributed by atoms with Crippen molar-refractivity contribution in [3.8, 4) is 5.75 Å². The summed E-state index contributed by atoms with van der Waals surface area (Å²) in [7, 11) is 1.57. The molecule has 0 aliphatic carbocycles. The molecule has 0 saturated carbocycles. The van der Waals surface area contributed by atoms with Gasteiger partial charge < -0.3 is 14.8 Å². The second kappa shape index (κ2) is 7.33. The molecule has 1 aliphatic rings. The van der Waals surface area contributed by atoms with Gasteiger partial charge in [-0.15, -0.1) is 0 Å². The van der Waals surface area contributed by atoms with E-state index >= 15 is 0 Å². The zero-order chi connectivity index (χ0) is 21.6. The molecule has 0 saturated heterocycles. The molecule has 2 N–H and O–H groups in total. The standard InChI is InChI=1S/C23H23N3O4/c1-5-18(27)19-20(14-6-8-15(30-4)9-7-14)26(22(29)21(19)28)23-24-16-10-12(2)13(3)11-17(16)25-23/h6-11,20,28H,5H2,1-4H3,(H,24,25). The summed E-state index contributed by atoms with van der Waals surface area (Å²) in [6.07, 6.45) is 0.172. The van der Waals surface area contributed by atoms with Crippen molar-refractivity contribution in [3.05, 3.63) is 64.4 Å². The van der Waals surface area contributed by atoms with Crippen molar-refractivity contribution in [2.24, 2.45) is 0 Å². The molecule has 30 heavy (non-hydrogen) atoms. The molecule has 0 radical (unpaired) electrons. The first-order valence-electron chi connectivity index (χ1n) is 9.76. The predicted molar refractivity (Wildman–Crippen MR) is 114 cm³/mol. The number of aliphatic hydroxyl groups excluding tert-OH is 1. The second-order valence-corrected chi connectivity index (χ2v) is 7.40. The highest BCUT2D eigenvalue weighted by molar-refractivity contribution is 6.16. The number of aliphatic hydroxyl groups is 1. The fourth-order valence-corrected chi connectivity index (χ4v) is 3.77. The number of ether oxygens (including phenoxy) is 1. The first kappa shape index (κ1) is 19.7. The Bertz CT molecular complexity index is 1150. The zero-order valence-electron chi connectivity index (χ0n) is 17.3. The Balaban J connectivity index is 1.88. The molecule has 7 heteroatoms. The van der Waals surface area contributed by atoms with Gasteiger partial charge in [0.15, 0.2) is 11.5 Å². The summed E-state index contributed by atoms with van der Waals surface area (Å²) in [6, 6.07) is 10.2. The third-order valence-electron chi connectivity index (χ3n) is 5.57. The zero-order valence-corrected chi connectivity index (χ0v) is 17.3. The smallest absolute Gasteiger partial charge is 0.296 e. The molecular formula is C23H23N3O4. The number of carbonyl (C=O) groups excluding carboxylic acids is 2. The number of carbonyl (C=O) groups is 2. The number of nitrogens with one attached hydrogen (secondary N) is 1. The molecule has 7 nitrogen and oxygen atoms in total. The number of nitrogens with zero attached hydrogens (tertiary/aromatic N) is 2. The van der Waals surface area contributed by atoms with Crippen LogP contribution in [-0.4, -0.2) is 33.9 Å². The molecular weight excluding hydrogens is 382 g/mol. The SMILES string of the molecule is CCC(=O)C1=C(O)C(=O)N(c2nc3cc(C)c(C)cc3[nH]2)C1c1ccc(OC)cc1. The summed E-state index contributed by atoms with van der Waals surface area (Å²) in [6.45, 7) is 5.70. The summed E-state index contributed by atoms with van der Waals surface area (Å²) in [5, 5.41) is 10.6. The Morgan fingerprint density at radius 1 is 1.20 bits per heavy atom. The molecule has 1 atom stereocenters. The van der Waals surface area contributed by atoms with Gasteiger partial charge >= 0.3 is 0 Å². The topological polar surface area (TPSA) is 95.5 Å². The maximum absolute atomic E-state index is 13.0. The van der Waals surface area contributed by atoms with Crippen LogP contribution >= 0.6 is 0 Å². The van der Waals surface area contributed by atoms with Crippen molar-refractivity contribution in [2.45, 2.75) is 33.2 Å². The number of methoxy groups -OCH3 is 1. The van der Waals surface area contributed by atoms with Crippen LogP contribution in [0.2, 0.25) is 0 Å². The molecule has 1 unspecified atom stereocenters. The minimum atomic E-state index is -0.779. The van der Waals surface area contributed by atoms with Crippen LogP contribution in [0.25, 0.3) is 11.0 Å². The second-order valence-electron chi connectivity index (χ2n) is 7.40. The number of aryl methyl sites for hydroxylation is 2. The number of imidazole rings is 1. The first-order chi connectivity index (χ1) is 14.3. The maximum atomic E-state index is 13.0. The number of aromatic amines is 1. The van der Waals surface area contributed by atoms with Crippen LogP contribution in [0.5, 0.6) is 5.75 Å². The van der Waals surface area contributed by atoms with Crippen LogP contribution in [0.3, 0.4) is 0 Å². The van der Waals surface area contributed by atoms with E-state index in [2.05, 4.69) is 9.97 Å². The van der Waals surface area contributed by atoms with Crippen molar-refractivity contribution in [1.82, 2.24) is 9.97 Å². The Kier molecular flexibility index (Phi) is 4.81. The summed E-state index contributed by atoms with van der Waals surface area (Å²) in [5.74, 6) is -0.533. The number of ketones is 1. The number of rotatable bonds is 5. The number of anilines is 1. The van der Waals surface area contributed by atoms with Crippen LogP contribution in [0.1, 0.15) is 36.1 Å². The lowest BCUT2D eigenvalue weighted by atomic mass is 9.95. The van der Waals surface area contributed by atoms with Gasteiger partial charge in [0.1, 0.15) is 5.75 Å². The van der Waals surface area contributed by atoms with Crippen LogP contribution in [0, 0.1) is 13.8 Å². The van der Waals surface area contributed by atoms with E-state index in [9.17, 15) is 14.7 Å². The summed E-state index contributed by atoms with van der Waals surface area (Å²) in [4.78, 5) is 34.8. The summed E-state index contributed by atoms with van der Waals surface area (Å²) >= 11 is 0. The van der Waals surface area contributed by atoms with Crippen molar-refractivity contribution in [2.75, 3.05) is 12.0 Å². The lowest BCUT2D eigenvalue weighted by Gasteiger charge is -2.24. The fraction of sp³-hybridized carbons (Fsp3) is 0.261. The molecule has 154 valence electrons. The number of hydrogen-bond donors (Lipinski definition) is 2. The number of fused-ring (bicyclic) bond motifs is 1.